The van der Waals surface area contributed by atoms with E-state index in [-0.39, 0.29) is 6.61 Å². The van der Waals surface area contributed by atoms with Crippen molar-refractivity contribution in [2.45, 2.75) is 52.7 Å². The van der Waals surface area contributed by atoms with E-state index in [2.05, 4.69) is 0 Å². The molecule has 0 aliphatic heterocycles. The zero-order chi connectivity index (χ0) is 23.9. The summed E-state index contributed by atoms with van der Waals surface area (Å²) in [7, 11) is 1.60. The number of esters is 2. The monoisotopic (exact) mass is 441 g/mol. The largest absolute Gasteiger partial charge is 0.497 e. The fourth-order valence-corrected chi connectivity index (χ4v) is 3.94. The highest BCUT2D eigenvalue weighted by atomic mass is 16.6. The molecule has 6 nitrogen and oxygen atoms in total. The zero-order valence-electron chi connectivity index (χ0n) is 20.2. The van der Waals surface area contributed by atoms with Crippen molar-refractivity contribution in [2.75, 3.05) is 25.2 Å². The topological polar surface area (TPSA) is 65.1 Å². The number of rotatable bonds is 9. The summed E-state index contributed by atoms with van der Waals surface area (Å²) in [6.45, 7) is 11.5. The van der Waals surface area contributed by atoms with Crippen molar-refractivity contribution in [1.29, 1.82) is 0 Å². The Morgan fingerprint density at radius 3 is 2.03 bits per heavy atom. The van der Waals surface area contributed by atoms with Gasteiger partial charge in [0.2, 0.25) is 0 Å². The molecule has 2 atom stereocenters. The van der Waals surface area contributed by atoms with Gasteiger partial charge in [-0.15, -0.1) is 0 Å². The molecular weight excluding hydrogens is 406 g/mol. The van der Waals surface area contributed by atoms with Gasteiger partial charge in [0, 0.05) is 12.2 Å². The first-order valence-corrected chi connectivity index (χ1v) is 11.0. The highest BCUT2D eigenvalue weighted by Gasteiger charge is 2.55. The minimum absolute atomic E-state index is 0.189. The van der Waals surface area contributed by atoms with E-state index in [0.29, 0.717) is 17.9 Å². The van der Waals surface area contributed by atoms with Crippen LogP contribution in [0, 0.1) is 5.92 Å². The molecule has 32 heavy (non-hydrogen) atoms. The highest BCUT2D eigenvalue weighted by molar-refractivity contribution is 5.93. The molecule has 0 N–H and O–H groups in total. The van der Waals surface area contributed by atoms with E-state index in [0.717, 1.165) is 5.69 Å². The summed E-state index contributed by atoms with van der Waals surface area (Å²) in [5, 5.41) is 0. The van der Waals surface area contributed by atoms with E-state index in [9.17, 15) is 9.59 Å². The maximum Gasteiger partial charge on any atom is 0.337 e. The van der Waals surface area contributed by atoms with Crippen molar-refractivity contribution in [3.05, 3.63) is 60.2 Å². The van der Waals surface area contributed by atoms with E-state index in [1.165, 1.54) is 0 Å². The van der Waals surface area contributed by atoms with E-state index in [4.69, 9.17) is 14.2 Å². The van der Waals surface area contributed by atoms with Gasteiger partial charge in [-0.05, 0) is 71.4 Å². The van der Waals surface area contributed by atoms with Crippen LogP contribution in [-0.4, -0.2) is 37.8 Å². The Labute approximate surface area is 191 Å². The molecule has 0 radical (unpaired) electrons. The van der Waals surface area contributed by atoms with Crippen LogP contribution in [-0.2, 0) is 24.6 Å². The Kier molecular flexibility index (Phi) is 8.31. The molecule has 0 aliphatic rings. The molecule has 2 unspecified atom stereocenters. The SMILES string of the molecule is CCOC(=O)C(c1ccccc1)(C(C)C(=O)OC(C)(C)C)N(CC)c1ccc(OC)cc1. The van der Waals surface area contributed by atoms with Crippen LogP contribution in [0.15, 0.2) is 54.6 Å². The maximum absolute atomic E-state index is 13.8. The van der Waals surface area contributed by atoms with Crippen LogP contribution in [0.4, 0.5) is 5.69 Å². The summed E-state index contributed by atoms with van der Waals surface area (Å²) in [5.74, 6) is -1.12. The van der Waals surface area contributed by atoms with Gasteiger partial charge in [0.25, 0.3) is 0 Å². The third-order valence-corrected chi connectivity index (χ3v) is 5.31. The second-order valence-electron chi connectivity index (χ2n) is 8.55. The Hall–Kier alpha value is -3.02. The number of ether oxygens (including phenoxy) is 3. The van der Waals surface area contributed by atoms with Gasteiger partial charge in [-0.25, -0.2) is 4.79 Å². The van der Waals surface area contributed by atoms with Gasteiger partial charge >= 0.3 is 11.9 Å². The number of hydrogen-bond donors (Lipinski definition) is 0. The lowest BCUT2D eigenvalue weighted by Crippen LogP contribution is -2.59. The predicted molar refractivity (Wildman–Crippen MR) is 126 cm³/mol. The molecule has 0 saturated carbocycles. The van der Waals surface area contributed by atoms with Crippen molar-refractivity contribution < 1.29 is 23.8 Å². The number of hydrogen-bond acceptors (Lipinski definition) is 6. The molecule has 0 bridgehead atoms. The number of methoxy groups -OCH3 is 1. The number of nitrogens with zero attached hydrogens (tertiary/aromatic N) is 1. The Morgan fingerprint density at radius 2 is 1.56 bits per heavy atom. The van der Waals surface area contributed by atoms with Crippen LogP contribution in [0.1, 0.15) is 47.1 Å². The number of carbonyl (C=O) groups excluding carboxylic acids is 2. The van der Waals surface area contributed by atoms with Gasteiger partial charge in [-0.1, -0.05) is 30.3 Å². The van der Waals surface area contributed by atoms with E-state index >= 15 is 0 Å². The molecular formula is C26H35NO5. The van der Waals surface area contributed by atoms with E-state index in [1.807, 2.05) is 87.2 Å². The lowest BCUT2D eigenvalue weighted by atomic mass is 9.76. The molecule has 2 aromatic rings. The van der Waals surface area contributed by atoms with Crippen LogP contribution in [0.5, 0.6) is 5.75 Å². The molecule has 6 heteroatoms. The molecule has 0 saturated heterocycles. The van der Waals surface area contributed by atoms with Crippen LogP contribution in [0.25, 0.3) is 0 Å². The summed E-state index contributed by atoms with van der Waals surface area (Å²) in [6, 6.07) is 16.7. The van der Waals surface area contributed by atoms with Crippen molar-refractivity contribution in [3.8, 4) is 5.75 Å². The van der Waals surface area contributed by atoms with E-state index in [1.54, 1.807) is 21.0 Å². The lowest BCUT2D eigenvalue weighted by molar-refractivity contribution is -0.169. The van der Waals surface area contributed by atoms with Crippen molar-refractivity contribution >= 4 is 17.6 Å². The predicted octanol–water partition coefficient (Wildman–Crippen LogP) is 4.96. The van der Waals surface area contributed by atoms with Gasteiger partial charge in [-0.2, -0.15) is 0 Å². The third kappa shape index (κ3) is 5.23. The molecule has 0 fully saturated rings. The normalized spacial score (nSPS) is 14.1. The summed E-state index contributed by atoms with van der Waals surface area (Å²) in [6.07, 6.45) is 0. The Balaban J connectivity index is 2.79. The second kappa shape index (κ2) is 10.5. The van der Waals surface area contributed by atoms with Crippen molar-refractivity contribution in [3.63, 3.8) is 0 Å². The number of carbonyl (C=O) groups is 2. The van der Waals surface area contributed by atoms with Gasteiger partial charge in [-0.3, -0.25) is 4.79 Å². The molecule has 0 amide bonds. The van der Waals surface area contributed by atoms with E-state index < -0.39 is 29.0 Å². The number of likely N-dealkylation sites (N-methyl/N-ethyl adjacent to an activating group) is 1. The molecule has 174 valence electrons. The molecule has 0 aliphatic carbocycles. The number of anilines is 1. The molecule has 0 aromatic heterocycles. The average molecular weight is 442 g/mol. The van der Waals surface area contributed by atoms with Crippen molar-refractivity contribution in [2.24, 2.45) is 5.92 Å². The lowest BCUT2D eigenvalue weighted by Gasteiger charge is -2.46. The maximum atomic E-state index is 13.8. The van der Waals surface area contributed by atoms with Crippen LogP contribution >= 0.6 is 0 Å². The van der Waals surface area contributed by atoms with Crippen LogP contribution in [0.3, 0.4) is 0 Å². The first kappa shape index (κ1) is 25.2. The van der Waals surface area contributed by atoms with Crippen LogP contribution < -0.4 is 9.64 Å². The average Bonchev–Trinajstić information content (AvgIpc) is 2.76. The number of benzene rings is 2. The van der Waals surface area contributed by atoms with Crippen molar-refractivity contribution in [1.82, 2.24) is 0 Å². The smallest absolute Gasteiger partial charge is 0.337 e. The third-order valence-electron chi connectivity index (χ3n) is 5.31. The second-order valence-corrected chi connectivity index (χ2v) is 8.55. The fourth-order valence-electron chi connectivity index (χ4n) is 3.94. The minimum Gasteiger partial charge on any atom is -0.497 e. The summed E-state index contributed by atoms with van der Waals surface area (Å²) >= 11 is 0. The molecule has 0 heterocycles. The zero-order valence-corrected chi connectivity index (χ0v) is 20.2. The quantitative estimate of drug-likeness (QED) is 0.513. The van der Waals surface area contributed by atoms with Gasteiger partial charge in [0.1, 0.15) is 11.4 Å². The van der Waals surface area contributed by atoms with Gasteiger partial charge in [0.15, 0.2) is 5.54 Å². The van der Waals surface area contributed by atoms with Gasteiger partial charge in [0.05, 0.1) is 19.6 Å². The van der Waals surface area contributed by atoms with Crippen LogP contribution in [0.2, 0.25) is 0 Å². The molecule has 0 spiro atoms. The highest BCUT2D eigenvalue weighted by Crippen LogP contribution is 2.42. The molecule has 2 aromatic carbocycles. The first-order chi connectivity index (χ1) is 15.1. The Bertz CT molecular complexity index is 889. The summed E-state index contributed by atoms with van der Waals surface area (Å²) in [4.78, 5) is 29.1. The van der Waals surface area contributed by atoms with Gasteiger partial charge < -0.3 is 19.1 Å². The standard InChI is InChI=1S/C26H35NO5/c1-8-27(21-15-17-22(30-7)18-16-21)26(24(29)31-9-2,20-13-11-10-12-14-20)19(3)23(28)32-25(4,5)6/h10-19H,8-9H2,1-7H3. The molecule has 2 rings (SSSR count). The summed E-state index contributed by atoms with van der Waals surface area (Å²) in [5.41, 5.74) is -0.696. The fraction of sp³-hybridized carbons (Fsp3) is 0.462. The minimum atomic E-state index is -1.43. The Morgan fingerprint density at radius 1 is 0.969 bits per heavy atom. The first-order valence-electron chi connectivity index (χ1n) is 11.0. The summed E-state index contributed by atoms with van der Waals surface area (Å²) < 4.78 is 16.6.